The summed E-state index contributed by atoms with van der Waals surface area (Å²) in [6.07, 6.45) is 0. The van der Waals surface area contributed by atoms with Crippen LogP contribution in [0, 0.1) is 0 Å². The minimum Gasteiger partial charge on any atom is -0.399 e. The van der Waals surface area contributed by atoms with Crippen LogP contribution in [0.5, 0.6) is 0 Å². The molecule has 0 radical (unpaired) electrons. The van der Waals surface area contributed by atoms with E-state index in [2.05, 4.69) is 138 Å². The zero-order valence-corrected chi connectivity index (χ0v) is 21.0. The molecule has 0 saturated heterocycles. The summed E-state index contributed by atoms with van der Waals surface area (Å²) in [5.41, 5.74) is 17.2. The Labute approximate surface area is 224 Å². The highest BCUT2D eigenvalue weighted by Crippen LogP contribution is 2.36. The minimum atomic E-state index is 0.774. The summed E-state index contributed by atoms with van der Waals surface area (Å²) < 4.78 is 0. The summed E-state index contributed by atoms with van der Waals surface area (Å²) in [6, 6.07) is 55.2. The van der Waals surface area contributed by atoms with Crippen LogP contribution < -0.4 is 10.6 Å². The van der Waals surface area contributed by atoms with Gasteiger partial charge in [0.2, 0.25) is 0 Å². The molecule has 182 valence electrons. The molecule has 38 heavy (non-hydrogen) atoms. The Morgan fingerprint density at radius 1 is 0.289 bits per heavy atom. The molecule has 6 aromatic carbocycles. The summed E-state index contributed by atoms with van der Waals surface area (Å²) in [5.74, 6) is 0. The van der Waals surface area contributed by atoms with Crippen LogP contribution >= 0.6 is 0 Å². The lowest BCUT2D eigenvalue weighted by molar-refractivity contribution is 1.28. The van der Waals surface area contributed by atoms with Crippen molar-refractivity contribution in [3.05, 3.63) is 158 Å². The quantitative estimate of drug-likeness (QED) is 0.236. The van der Waals surface area contributed by atoms with Gasteiger partial charge in [0.1, 0.15) is 0 Å². The minimum absolute atomic E-state index is 0.774. The molecule has 2 N–H and O–H groups in total. The van der Waals surface area contributed by atoms with Crippen LogP contribution in [-0.2, 0) is 0 Å². The maximum atomic E-state index is 5.87. The second kappa shape index (κ2) is 10.5. The normalized spacial score (nSPS) is 10.7. The van der Waals surface area contributed by atoms with E-state index in [0.717, 1.165) is 33.9 Å². The predicted molar refractivity (Wildman–Crippen MR) is 162 cm³/mol. The molecule has 2 nitrogen and oxygen atoms in total. The molecule has 6 aromatic rings. The molecule has 0 amide bonds. The Balaban J connectivity index is 1.30. The average Bonchev–Trinajstić information content (AvgIpc) is 3.00. The zero-order chi connectivity index (χ0) is 25.7. The Bertz CT molecular complexity index is 1600. The van der Waals surface area contributed by atoms with E-state index in [1.807, 2.05) is 24.3 Å². The van der Waals surface area contributed by atoms with Crippen molar-refractivity contribution in [2.75, 3.05) is 10.6 Å². The molecule has 0 saturated carbocycles. The van der Waals surface area contributed by atoms with Crippen molar-refractivity contribution in [1.29, 1.82) is 0 Å². The molecular weight excluding hydrogens is 460 g/mol. The summed E-state index contributed by atoms with van der Waals surface area (Å²) in [6.45, 7) is 0. The van der Waals surface area contributed by atoms with Gasteiger partial charge in [-0.1, -0.05) is 109 Å². The number of anilines is 4. The van der Waals surface area contributed by atoms with E-state index < -0.39 is 0 Å². The third kappa shape index (κ3) is 4.93. The van der Waals surface area contributed by atoms with Crippen LogP contribution in [0.15, 0.2) is 158 Å². The molecule has 0 aliphatic rings. The van der Waals surface area contributed by atoms with E-state index in [0.29, 0.717) is 0 Å². The van der Waals surface area contributed by atoms with Gasteiger partial charge in [0.25, 0.3) is 0 Å². The standard InChI is InChI=1S/C36H28N2/c37-33-21-15-30(16-22-33)32-19-25-36(26-20-32)38(34-9-5-2-6-10-34)35-23-17-31(18-24-35)29-13-11-28(12-14-29)27-7-3-1-4-8-27/h1-26H,37H2. The number of rotatable bonds is 6. The van der Waals surface area contributed by atoms with Gasteiger partial charge in [0.05, 0.1) is 0 Å². The fourth-order valence-electron chi connectivity index (χ4n) is 4.79. The smallest absolute Gasteiger partial charge is 0.0462 e. The van der Waals surface area contributed by atoms with Crippen LogP contribution in [0.25, 0.3) is 33.4 Å². The van der Waals surface area contributed by atoms with Crippen molar-refractivity contribution in [3.8, 4) is 33.4 Å². The zero-order valence-electron chi connectivity index (χ0n) is 21.0. The number of benzene rings is 6. The van der Waals surface area contributed by atoms with E-state index in [-0.39, 0.29) is 0 Å². The van der Waals surface area contributed by atoms with Crippen molar-refractivity contribution in [1.82, 2.24) is 0 Å². The van der Waals surface area contributed by atoms with Gasteiger partial charge in [0, 0.05) is 22.7 Å². The monoisotopic (exact) mass is 488 g/mol. The maximum absolute atomic E-state index is 5.87. The van der Waals surface area contributed by atoms with Crippen LogP contribution in [0.2, 0.25) is 0 Å². The third-order valence-electron chi connectivity index (χ3n) is 6.83. The highest BCUT2D eigenvalue weighted by Gasteiger charge is 2.13. The van der Waals surface area contributed by atoms with Gasteiger partial charge < -0.3 is 10.6 Å². The lowest BCUT2D eigenvalue weighted by Gasteiger charge is -2.26. The van der Waals surface area contributed by atoms with Crippen LogP contribution in [-0.4, -0.2) is 0 Å². The molecular formula is C36H28N2. The number of hydrogen-bond acceptors (Lipinski definition) is 2. The predicted octanol–water partition coefficient (Wildman–Crippen LogP) is 9.74. The van der Waals surface area contributed by atoms with Gasteiger partial charge in [-0.25, -0.2) is 0 Å². The van der Waals surface area contributed by atoms with E-state index in [9.17, 15) is 0 Å². The molecule has 0 fully saturated rings. The Morgan fingerprint density at radius 3 is 1.00 bits per heavy atom. The van der Waals surface area contributed by atoms with E-state index in [4.69, 9.17) is 5.73 Å². The molecule has 2 heteroatoms. The second-order valence-electron chi connectivity index (χ2n) is 9.33. The summed E-state index contributed by atoms with van der Waals surface area (Å²) in [5, 5.41) is 0. The lowest BCUT2D eigenvalue weighted by Crippen LogP contribution is -2.09. The van der Waals surface area contributed by atoms with E-state index in [1.165, 1.54) is 22.3 Å². The topological polar surface area (TPSA) is 29.3 Å². The van der Waals surface area contributed by atoms with Crippen molar-refractivity contribution >= 4 is 22.7 Å². The molecule has 0 aliphatic heterocycles. The summed E-state index contributed by atoms with van der Waals surface area (Å²) in [4.78, 5) is 2.29. The largest absolute Gasteiger partial charge is 0.399 e. The summed E-state index contributed by atoms with van der Waals surface area (Å²) in [7, 11) is 0. The van der Waals surface area contributed by atoms with Crippen LogP contribution in [0.4, 0.5) is 22.7 Å². The first-order valence-electron chi connectivity index (χ1n) is 12.8. The van der Waals surface area contributed by atoms with Crippen LogP contribution in [0.3, 0.4) is 0 Å². The third-order valence-corrected chi connectivity index (χ3v) is 6.83. The molecule has 0 heterocycles. The van der Waals surface area contributed by atoms with E-state index in [1.54, 1.807) is 0 Å². The maximum Gasteiger partial charge on any atom is 0.0462 e. The second-order valence-corrected chi connectivity index (χ2v) is 9.33. The van der Waals surface area contributed by atoms with Gasteiger partial charge in [-0.3, -0.25) is 0 Å². The van der Waals surface area contributed by atoms with Crippen molar-refractivity contribution in [2.24, 2.45) is 0 Å². The fraction of sp³-hybridized carbons (Fsp3) is 0. The van der Waals surface area contributed by atoms with Gasteiger partial charge in [-0.2, -0.15) is 0 Å². The molecule has 0 aliphatic carbocycles. The van der Waals surface area contributed by atoms with Gasteiger partial charge in [-0.15, -0.1) is 0 Å². The fourth-order valence-corrected chi connectivity index (χ4v) is 4.79. The number of nitrogens with two attached hydrogens (primary N) is 1. The highest BCUT2D eigenvalue weighted by atomic mass is 15.1. The number of para-hydroxylation sites is 1. The average molecular weight is 489 g/mol. The SMILES string of the molecule is Nc1ccc(-c2ccc(N(c3ccccc3)c3ccc(-c4ccc(-c5ccccc5)cc4)cc3)cc2)cc1. The molecule has 6 rings (SSSR count). The van der Waals surface area contributed by atoms with Crippen LogP contribution in [0.1, 0.15) is 0 Å². The first-order valence-corrected chi connectivity index (χ1v) is 12.8. The Hall–Kier alpha value is -5.08. The molecule has 0 aromatic heterocycles. The highest BCUT2D eigenvalue weighted by molar-refractivity contribution is 5.80. The lowest BCUT2D eigenvalue weighted by atomic mass is 10.00. The molecule has 0 atom stereocenters. The summed E-state index contributed by atoms with van der Waals surface area (Å²) >= 11 is 0. The Kier molecular flexibility index (Phi) is 6.44. The number of hydrogen-bond donors (Lipinski definition) is 1. The van der Waals surface area contributed by atoms with Crippen molar-refractivity contribution in [2.45, 2.75) is 0 Å². The van der Waals surface area contributed by atoms with Gasteiger partial charge in [0.15, 0.2) is 0 Å². The number of nitrogens with zero attached hydrogens (tertiary/aromatic N) is 1. The number of nitrogen functional groups attached to an aromatic ring is 1. The first-order chi connectivity index (χ1) is 18.7. The van der Waals surface area contributed by atoms with E-state index >= 15 is 0 Å². The molecule has 0 bridgehead atoms. The van der Waals surface area contributed by atoms with Crippen molar-refractivity contribution < 1.29 is 0 Å². The van der Waals surface area contributed by atoms with Gasteiger partial charge in [-0.05, 0) is 81.9 Å². The van der Waals surface area contributed by atoms with Gasteiger partial charge >= 0.3 is 0 Å². The molecule has 0 unspecified atom stereocenters. The molecule has 0 spiro atoms. The van der Waals surface area contributed by atoms with Crippen molar-refractivity contribution in [3.63, 3.8) is 0 Å². The Morgan fingerprint density at radius 2 is 0.579 bits per heavy atom. The first kappa shape index (κ1) is 23.3.